The standard InChI is InChI=1S/C38H70N15O11P3/c1-27-14-32(55)37(63-22-27)52(40)20-28(39)16-41-34(57)2-11-65(60)24-49-5-7-50(25-66(61)12-3-35(58)42-17-29-19-44-47-45-29)9-10-51(8-6-49)26-67(62)13-4-36(59)43-18-30-21-53(48-46-30)38-33(56)15-31(54)23-64-38/h19-21,27,31-33,37-38,54-56,60-62H,2-18,22-26,39-40H2,1H3,(H,41,57)(H,42,58)(H,43,59)(H,44,45,47)/b28-20-/t27-,31-,32?,33?,37-,38-,65?,66?,67?/m1/s1. The van der Waals surface area contributed by atoms with Crippen LogP contribution in [0.1, 0.15) is 56.6 Å². The van der Waals surface area contributed by atoms with Crippen molar-refractivity contribution in [3.05, 3.63) is 35.7 Å². The van der Waals surface area contributed by atoms with Gasteiger partial charge in [0.1, 0.15) is 23.6 Å². The average Bonchev–Trinajstić information content (AvgIpc) is 4.01. The van der Waals surface area contributed by atoms with Gasteiger partial charge in [-0.15, -0.1) is 5.10 Å². The summed E-state index contributed by atoms with van der Waals surface area (Å²) in [6, 6.07) is 0. The molecule has 14 N–H and O–H groups in total. The van der Waals surface area contributed by atoms with Crippen molar-refractivity contribution in [1.82, 2.24) is 66.1 Å². The molecule has 3 fully saturated rings. The molecule has 29 heteroatoms. The largest absolute Gasteiger partial charge is 0.399 e. The number of aromatic nitrogens is 6. The van der Waals surface area contributed by atoms with Crippen molar-refractivity contribution in [1.29, 1.82) is 0 Å². The van der Waals surface area contributed by atoms with Crippen LogP contribution in [0, 0.1) is 5.92 Å². The van der Waals surface area contributed by atoms with Crippen molar-refractivity contribution < 1.29 is 53.9 Å². The molecule has 0 radical (unpaired) electrons. The minimum absolute atomic E-state index is 0.0201. The molecule has 5 rings (SSSR count). The fourth-order valence-electron chi connectivity index (χ4n) is 7.48. The Morgan fingerprint density at radius 1 is 0.806 bits per heavy atom. The molecular weight excluding hydrogens is 935 g/mol. The Hall–Kier alpha value is -3.16. The summed E-state index contributed by atoms with van der Waals surface area (Å²) in [6.45, 7) is 6.30. The van der Waals surface area contributed by atoms with Crippen LogP contribution < -0.4 is 27.5 Å². The van der Waals surface area contributed by atoms with Crippen molar-refractivity contribution in [2.45, 2.75) is 82.9 Å². The number of carbonyl (C=O) groups is 3. The van der Waals surface area contributed by atoms with Crippen LogP contribution in [-0.2, 0) is 36.9 Å². The molecule has 2 aromatic heterocycles. The van der Waals surface area contributed by atoms with Crippen LogP contribution in [0.3, 0.4) is 0 Å². The quantitative estimate of drug-likeness (QED) is 0.0282. The molecule has 2 aromatic rings. The summed E-state index contributed by atoms with van der Waals surface area (Å²) in [5.74, 6) is 5.50. The number of nitrogens with zero attached hydrogens (tertiary/aromatic N) is 9. The number of hydrazine groups is 1. The summed E-state index contributed by atoms with van der Waals surface area (Å²) in [7, 11) is -4.66. The first-order valence-electron chi connectivity index (χ1n) is 22.4. The Morgan fingerprint density at radius 2 is 1.34 bits per heavy atom. The average molecular weight is 1010 g/mol. The van der Waals surface area contributed by atoms with Crippen molar-refractivity contribution in [3.63, 3.8) is 0 Å². The second-order valence-corrected chi connectivity index (χ2v) is 22.4. The lowest BCUT2D eigenvalue weighted by Crippen LogP contribution is -2.51. The number of aliphatic hydroxyl groups excluding tert-OH is 3. The fraction of sp³-hybridized carbons (Fsp3) is 0.763. The summed E-state index contributed by atoms with van der Waals surface area (Å²) < 4.78 is 12.5. The molecule has 26 nitrogen and oxygen atoms in total. The molecule has 9 atom stereocenters. The molecule has 67 heavy (non-hydrogen) atoms. The molecule has 0 aliphatic carbocycles. The van der Waals surface area contributed by atoms with Gasteiger partial charge >= 0.3 is 0 Å². The highest BCUT2D eigenvalue weighted by atomic mass is 31.1. The molecule has 5 heterocycles. The Bertz CT molecular complexity index is 1830. The van der Waals surface area contributed by atoms with Gasteiger partial charge in [-0.25, -0.2) is 10.5 Å². The third kappa shape index (κ3) is 20.0. The number of nitrogens with one attached hydrogen (secondary N) is 4. The number of aliphatic hydroxyl groups is 3. The van der Waals surface area contributed by atoms with Gasteiger partial charge in [-0.1, -0.05) is 12.1 Å². The Balaban J connectivity index is 1.08. The van der Waals surface area contributed by atoms with Crippen LogP contribution in [-0.4, -0.2) is 219 Å². The molecule has 5 unspecified atom stereocenters. The maximum Gasteiger partial charge on any atom is 0.220 e. The van der Waals surface area contributed by atoms with E-state index in [0.29, 0.717) is 88.7 Å². The minimum atomic E-state index is -1.57. The van der Waals surface area contributed by atoms with Crippen LogP contribution >= 0.6 is 24.4 Å². The Labute approximate surface area is 393 Å². The molecule has 0 aromatic carbocycles. The normalized spacial score (nSPS) is 25.3. The molecule has 3 amide bonds. The smallest absolute Gasteiger partial charge is 0.220 e. The maximum atomic E-state index is 12.8. The summed E-state index contributed by atoms with van der Waals surface area (Å²) in [6.07, 6.45) is 3.36. The van der Waals surface area contributed by atoms with Gasteiger partial charge in [-0.05, 0) is 12.3 Å². The highest BCUT2D eigenvalue weighted by molar-refractivity contribution is 7.52. The molecular formula is C38H70N15O11P3. The first kappa shape index (κ1) is 54.8. The van der Waals surface area contributed by atoms with E-state index >= 15 is 0 Å². The monoisotopic (exact) mass is 1010 g/mol. The van der Waals surface area contributed by atoms with Crippen LogP contribution in [0.25, 0.3) is 0 Å². The zero-order valence-electron chi connectivity index (χ0n) is 38.0. The molecule has 0 saturated carbocycles. The van der Waals surface area contributed by atoms with E-state index in [1.165, 1.54) is 22.1 Å². The zero-order chi connectivity index (χ0) is 48.3. The highest BCUT2D eigenvalue weighted by Crippen LogP contribution is 2.35. The number of H-pyrrole nitrogens is 1. The van der Waals surface area contributed by atoms with Crippen LogP contribution in [0.15, 0.2) is 24.3 Å². The van der Waals surface area contributed by atoms with Crippen LogP contribution in [0.5, 0.6) is 0 Å². The molecule has 3 saturated heterocycles. The maximum absolute atomic E-state index is 12.8. The first-order valence-corrected chi connectivity index (χ1v) is 27.4. The zero-order valence-corrected chi connectivity index (χ0v) is 40.7. The van der Waals surface area contributed by atoms with Gasteiger partial charge in [-0.2, -0.15) is 15.4 Å². The van der Waals surface area contributed by atoms with Crippen molar-refractivity contribution in [3.8, 4) is 0 Å². The third-order valence-corrected chi connectivity index (χ3v) is 15.6. The van der Waals surface area contributed by atoms with Gasteiger partial charge in [0, 0.05) is 139 Å². The van der Waals surface area contributed by atoms with Crippen molar-refractivity contribution >= 4 is 42.2 Å². The predicted octanol–water partition coefficient (Wildman–Crippen LogP) is -3.07. The van der Waals surface area contributed by atoms with Crippen molar-refractivity contribution in [2.24, 2.45) is 17.5 Å². The number of aromatic amines is 1. The Morgan fingerprint density at radius 3 is 1.85 bits per heavy atom. The number of carbonyl (C=O) groups excluding carboxylic acids is 3. The van der Waals surface area contributed by atoms with Gasteiger partial charge in [-0.3, -0.25) is 34.1 Å². The summed E-state index contributed by atoms with van der Waals surface area (Å²) >= 11 is 0. The van der Waals surface area contributed by atoms with E-state index in [4.69, 9.17) is 21.1 Å². The first-order chi connectivity index (χ1) is 32.1. The molecule has 378 valence electrons. The lowest BCUT2D eigenvalue weighted by Gasteiger charge is -2.36. The fourth-order valence-corrected chi connectivity index (χ4v) is 11.5. The summed E-state index contributed by atoms with van der Waals surface area (Å²) in [4.78, 5) is 77.8. The molecule has 0 spiro atoms. The van der Waals surface area contributed by atoms with E-state index < -0.39 is 55.2 Å². The predicted molar refractivity (Wildman–Crippen MR) is 248 cm³/mol. The van der Waals surface area contributed by atoms with Crippen molar-refractivity contribution in [2.75, 3.05) is 96.4 Å². The van der Waals surface area contributed by atoms with E-state index in [0.717, 1.165) is 0 Å². The summed E-state index contributed by atoms with van der Waals surface area (Å²) in [5.41, 5.74) is 7.41. The Kier molecular flexibility index (Phi) is 23.3. The number of ether oxygens (including phenoxy) is 2. The second kappa shape index (κ2) is 28.5. The third-order valence-electron chi connectivity index (χ3n) is 11.2. The molecule has 3 aliphatic rings. The second-order valence-electron chi connectivity index (χ2n) is 17.2. The van der Waals surface area contributed by atoms with Gasteiger partial charge < -0.3 is 61.2 Å². The topological polar surface area (TPSA) is 364 Å². The molecule has 3 aliphatic heterocycles. The number of hydrogen-bond acceptors (Lipinski definition) is 21. The number of amides is 3. The van der Waals surface area contributed by atoms with E-state index in [1.807, 2.05) is 6.92 Å². The number of nitrogens with two attached hydrogens (primary N) is 2. The van der Waals surface area contributed by atoms with Crippen LogP contribution in [0.2, 0.25) is 0 Å². The number of hydrogen-bond donors (Lipinski definition) is 12. The van der Waals surface area contributed by atoms with Gasteiger partial charge in [0.2, 0.25) is 17.7 Å². The lowest BCUT2D eigenvalue weighted by molar-refractivity contribution is -0.159. The molecule has 0 bridgehead atoms. The van der Waals surface area contributed by atoms with E-state index in [-0.39, 0.29) is 93.6 Å². The van der Waals surface area contributed by atoms with Gasteiger partial charge in [0.15, 0.2) is 12.5 Å². The highest BCUT2D eigenvalue weighted by Gasteiger charge is 2.32. The van der Waals surface area contributed by atoms with E-state index in [9.17, 15) is 44.4 Å². The van der Waals surface area contributed by atoms with Gasteiger partial charge in [0.25, 0.3) is 0 Å². The SMILES string of the molecule is C[C@H]1CO[C@@H](N(N)/C=C(\N)CNC(=O)CCP(O)CN2CCN(CP(O)CCC(=O)NCc3cn([C@@H]4OC[C@H](O)CC4O)nn3)CCN(CP(O)CCC(=O)NCc3cn[nH]n3)CC2)C(O)C1. The minimum Gasteiger partial charge on any atom is -0.399 e. The van der Waals surface area contributed by atoms with Crippen LogP contribution in [0.4, 0.5) is 0 Å². The van der Waals surface area contributed by atoms with Gasteiger partial charge in [0.05, 0.1) is 51.3 Å². The number of rotatable bonds is 24. The lowest BCUT2D eigenvalue weighted by atomic mass is 10.0. The summed E-state index contributed by atoms with van der Waals surface area (Å²) in [5, 5.41) is 58.0. The van der Waals surface area contributed by atoms with E-state index in [2.05, 4.69) is 56.4 Å². The van der Waals surface area contributed by atoms with E-state index in [1.54, 1.807) is 6.20 Å².